The molecule has 0 aromatic heterocycles. The minimum absolute atomic E-state index is 0.0321. The second-order valence-electron chi connectivity index (χ2n) is 3.36. The number of nitrogens with two attached hydrogens (primary N) is 1. The van der Waals surface area contributed by atoms with E-state index in [1.807, 2.05) is 13.8 Å². The number of carbonyl (C=O) groups excluding carboxylic acids is 1. The van der Waals surface area contributed by atoms with E-state index in [1.165, 1.54) is 4.90 Å². The monoisotopic (exact) mass is 231 g/mol. The van der Waals surface area contributed by atoms with E-state index >= 15 is 0 Å². The van der Waals surface area contributed by atoms with Gasteiger partial charge >= 0.3 is 0 Å². The van der Waals surface area contributed by atoms with Crippen LogP contribution in [0.15, 0.2) is 5.16 Å². The SMILES string of the molecule is CCCOCCC(=O)N(CC)CC(N)=NO. The van der Waals surface area contributed by atoms with Gasteiger partial charge in [-0.3, -0.25) is 4.79 Å². The second-order valence-corrected chi connectivity index (χ2v) is 3.36. The summed E-state index contributed by atoms with van der Waals surface area (Å²) in [5, 5.41) is 11.2. The molecule has 1 amide bonds. The Kier molecular flexibility index (Phi) is 8.24. The summed E-state index contributed by atoms with van der Waals surface area (Å²) in [6.45, 7) is 5.62. The topological polar surface area (TPSA) is 88.2 Å². The Morgan fingerprint density at radius 2 is 2.12 bits per heavy atom. The van der Waals surface area contributed by atoms with E-state index in [9.17, 15) is 4.79 Å². The van der Waals surface area contributed by atoms with Crippen molar-refractivity contribution in [1.29, 1.82) is 0 Å². The molecule has 0 rings (SSSR count). The van der Waals surface area contributed by atoms with Crippen molar-refractivity contribution in [1.82, 2.24) is 4.90 Å². The van der Waals surface area contributed by atoms with Crippen molar-refractivity contribution >= 4 is 11.7 Å². The molecule has 16 heavy (non-hydrogen) atoms. The molecular formula is C10H21N3O3. The third-order valence-corrected chi connectivity index (χ3v) is 2.02. The first kappa shape index (κ1) is 14.7. The number of oxime groups is 1. The average Bonchev–Trinajstić information content (AvgIpc) is 2.30. The van der Waals surface area contributed by atoms with Gasteiger partial charge in [0, 0.05) is 13.2 Å². The highest BCUT2D eigenvalue weighted by atomic mass is 16.5. The highest BCUT2D eigenvalue weighted by molar-refractivity contribution is 5.86. The third kappa shape index (κ3) is 6.23. The van der Waals surface area contributed by atoms with Gasteiger partial charge in [0.2, 0.25) is 5.91 Å². The first-order valence-corrected chi connectivity index (χ1v) is 5.47. The standard InChI is InChI=1S/C10H21N3O3/c1-3-6-16-7-5-10(14)13(4-2)8-9(11)12-15/h15H,3-8H2,1-2H3,(H2,11,12). The smallest absolute Gasteiger partial charge is 0.225 e. The molecule has 0 bridgehead atoms. The number of amides is 1. The Balaban J connectivity index is 3.92. The van der Waals surface area contributed by atoms with Gasteiger partial charge < -0.3 is 20.6 Å². The number of ether oxygens (including phenoxy) is 1. The minimum atomic E-state index is -0.0507. The van der Waals surface area contributed by atoms with Gasteiger partial charge in [-0.2, -0.15) is 0 Å². The van der Waals surface area contributed by atoms with Gasteiger partial charge in [-0.1, -0.05) is 12.1 Å². The van der Waals surface area contributed by atoms with Crippen molar-refractivity contribution in [3.05, 3.63) is 0 Å². The van der Waals surface area contributed by atoms with Crippen LogP contribution < -0.4 is 5.73 Å². The van der Waals surface area contributed by atoms with E-state index in [2.05, 4.69) is 5.16 Å². The molecule has 6 heteroatoms. The van der Waals surface area contributed by atoms with Gasteiger partial charge in [-0.05, 0) is 13.3 Å². The first-order valence-electron chi connectivity index (χ1n) is 5.47. The van der Waals surface area contributed by atoms with Crippen LogP contribution in [0.3, 0.4) is 0 Å². The normalized spacial score (nSPS) is 11.5. The largest absolute Gasteiger partial charge is 0.409 e. The number of likely N-dealkylation sites (N-methyl/N-ethyl adjacent to an activating group) is 1. The Morgan fingerprint density at radius 1 is 1.44 bits per heavy atom. The van der Waals surface area contributed by atoms with Crippen molar-refractivity contribution in [2.75, 3.05) is 26.3 Å². The lowest BCUT2D eigenvalue weighted by molar-refractivity contribution is -0.131. The van der Waals surface area contributed by atoms with Crippen LogP contribution in [0, 0.1) is 0 Å². The lowest BCUT2D eigenvalue weighted by Crippen LogP contribution is -2.38. The average molecular weight is 231 g/mol. The van der Waals surface area contributed by atoms with Crippen LogP contribution in [-0.4, -0.2) is 48.2 Å². The zero-order valence-electron chi connectivity index (χ0n) is 9.98. The molecule has 0 heterocycles. The van der Waals surface area contributed by atoms with Crippen LogP contribution >= 0.6 is 0 Å². The van der Waals surface area contributed by atoms with Gasteiger partial charge in [0.15, 0.2) is 5.84 Å². The van der Waals surface area contributed by atoms with E-state index in [0.717, 1.165) is 6.42 Å². The highest BCUT2D eigenvalue weighted by Gasteiger charge is 2.12. The maximum atomic E-state index is 11.6. The molecule has 0 aromatic carbocycles. The van der Waals surface area contributed by atoms with Crippen molar-refractivity contribution in [3.8, 4) is 0 Å². The maximum Gasteiger partial charge on any atom is 0.225 e. The molecule has 94 valence electrons. The Hall–Kier alpha value is -1.30. The first-order chi connectivity index (χ1) is 7.65. The molecule has 0 saturated heterocycles. The summed E-state index contributed by atoms with van der Waals surface area (Å²) in [6, 6.07) is 0. The summed E-state index contributed by atoms with van der Waals surface area (Å²) in [7, 11) is 0. The van der Waals surface area contributed by atoms with Crippen molar-refractivity contribution in [2.24, 2.45) is 10.9 Å². The third-order valence-electron chi connectivity index (χ3n) is 2.02. The van der Waals surface area contributed by atoms with Crippen LogP contribution in [-0.2, 0) is 9.53 Å². The van der Waals surface area contributed by atoms with Gasteiger partial charge in [0.1, 0.15) is 0 Å². The Bertz CT molecular complexity index is 231. The fraction of sp³-hybridized carbons (Fsp3) is 0.800. The molecular weight excluding hydrogens is 210 g/mol. The number of hydrogen-bond donors (Lipinski definition) is 2. The quantitative estimate of drug-likeness (QED) is 0.208. The predicted octanol–water partition coefficient (Wildman–Crippen LogP) is 0.398. The Labute approximate surface area is 96.0 Å². The fourth-order valence-electron chi connectivity index (χ4n) is 1.17. The second kappa shape index (κ2) is 8.96. The number of nitrogens with zero attached hydrogens (tertiary/aromatic N) is 2. The molecule has 3 N–H and O–H groups in total. The van der Waals surface area contributed by atoms with Crippen LogP contribution in [0.5, 0.6) is 0 Å². The molecule has 0 fully saturated rings. The Morgan fingerprint density at radius 3 is 2.62 bits per heavy atom. The molecule has 0 spiro atoms. The summed E-state index contributed by atoms with van der Waals surface area (Å²) < 4.78 is 5.22. The molecule has 0 aromatic rings. The zero-order valence-corrected chi connectivity index (χ0v) is 9.98. The van der Waals surface area contributed by atoms with Crippen molar-refractivity contribution in [2.45, 2.75) is 26.7 Å². The van der Waals surface area contributed by atoms with Crippen LogP contribution in [0.4, 0.5) is 0 Å². The predicted molar refractivity (Wildman–Crippen MR) is 61.4 cm³/mol. The number of hydrogen-bond acceptors (Lipinski definition) is 4. The van der Waals surface area contributed by atoms with E-state index in [1.54, 1.807) is 0 Å². The van der Waals surface area contributed by atoms with E-state index < -0.39 is 0 Å². The van der Waals surface area contributed by atoms with Gasteiger partial charge in [-0.15, -0.1) is 0 Å². The van der Waals surface area contributed by atoms with Gasteiger partial charge in [0.25, 0.3) is 0 Å². The zero-order chi connectivity index (χ0) is 12.4. The van der Waals surface area contributed by atoms with E-state index in [-0.39, 0.29) is 18.3 Å². The van der Waals surface area contributed by atoms with E-state index in [0.29, 0.717) is 26.2 Å². The van der Waals surface area contributed by atoms with Crippen molar-refractivity contribution < 1.29 is 14.7 Å². The number of rotatable bonds is 8. The summed E-state index contributed by atoms with van der Waals surface area (Å²) >= 11 is 0. The lowest BCUT2D eigenvalue weighted by atomic mass is 10.3. The van der Waals surface area contributed by atoms with E-state index in [4.69, 9.17) is 15.7 Å². The molecule has 0 aliphatic rings. The fourth-order valence-corrected chi connectivity index (χ4v) is 1.17. The van der Waals surface area contributed by atoms with Gasteiger partial charge in [-0.25, -0.2) is 0 Å². The number of carbonyl (C=O) groups is 1. The summed E-state index contributed by atoms with van der Waals surface area (Å²) in [5.41, 5.74) is 5.34. The molecule has 0 aliphatic carbocycles. The molecule has 0 saturated carbocycles. The lowest BCUT2D eigenvalue weighted by Gasteiger charge is -2.19. The highest BCUT2D eigenvalue weighted by Crippen LogP contribution is 1.95. The summed E-state index contributed by atoms with van der Waals surface area (Å²) in [5.74, 6) is -0.0186. The molecule has 0 atom stereocenters. The van der Waals surface area contributed by atoms with Crippen LogP contribution in [0.1, 0.15) is 26.7 Å². The molecule has 0 aliphatic heterocycles. The molecule has 0 unspecified atom stereocenters. The van der Waals surface area contributed by atoms with Crippen molar-refractivity contribution in [3.63, 3.8) is 0 Å². The van der Waals surface area contributed by atoms with Crippen LogP contribution in [0.25, 0.3) is 0 Å². The molecule has 6 nitrogen and oxygen atoms in total. The van der Waals surface area contributed by atoms with Crippen LogP contribution in [0.2, 0.25) is 0 Å². The number of amidine groups is 1. The minimum Gasteiger partial charge on any atom is -0.409 e. The van der Waals surface area contributed by atoms with Gasteiger partial charge in [0.05, 0.1) is 19.6 Å². The molecule has 0 radical (unpaired) electrons. The maximum absolute atomic E-state index is 11.6. The summed E-state index contributed by atoms with van der Waals surface area (Å²) in [6.07, 6.45) is 1.27. The summed E-state index contributed by atoms with van der Waals surface area (Å²) in [4.78, 5) is 13.2.